The third kappa shape index (κ3) is 1.96. The molecule has 0 nitrogen and oxygen atoms in total. The molecule has 0 N–H and O–H groups in total. The summed E-state index contributed by atoms with van der Waals surface area (Å²) < 4.78 is 0. The molecule has 0 saturated heterocycles. The van der Waals surface area contributed by atoms with Crippen molar-refractivity contribution < 1.29 is 0 Å². The molecule has 2 aliphatic rings. The quantitative estimate of drug-likeness (QED) is 0.645. The predicted molar refractivity (Wildman–Crippen MR) is 88.0 cm³/mol. The van der Waals surface area contributed by atoms with Gasteiger partial charge in [0.2, 0.25) is 0 Å². The second-order valence-corrected chi connectivity index (χ2v) is 8.19. The number of benzene rings is 1. The van der Waals surface area contributed by atoms with Crippen LogP contribution in [0, 0.1) is 11.8 Å². The van der Waals surface area contributed by atoms with Gasteiger partial charge in [0.05, 0.1) is 0 Å². The van der Waals surface area contributed by atoms with Crippen LogP contribution in [0.15, 0.2) is 24.3 Å². The highest BCUT2D eigenvalue weighted by molar-refractivity contribution is 5.73. The summed E-state index contributed by atoms with van der Waals surface area (Å²) in [6.45, 7) is 14.2. The van der Waals surface area contributed by atoms with Crippen molar-refractivity contribution in [2.24, 2.45) is 11.8 Å². The minimum Gasteiger partial charge on any atom is -0.0796 e. The maximum atomic E-state index is 2.51. The number of hydrogen-bond acceptors (Lipinski definition) is 0. The van der Waals surface area contributed by atoms with E-state index in [4.69, 9.17) is 0 Å². The van der Waals surface area contributed by atoms with Gasteiger partial charge in [-0.2, -0.15) is 0 Å². The van der Waals surface area contributed by atoms with E-state index in [0.717, 1.165) is 5.92 Å². The molecule has 2 aliphatic carbocycles. The topological polar surface area (TPSA) is 0 Å². The van der Waals surface area contributed by atoms with Crippen LogP contribution >= 0.6 is 0 Å². The standard InChI is InChI=1S/C20H28/c1-13(2)16-9-10-19(4,5)18-8-7-15(11-17(16)18)20(6)12-14(20)3/h7-9,11,13-14H,10,12H2,1-6H3/t14-,20+/m1/s1. The maximum absolute atomic E-state index is 2.51. The van der Waals surface area contributed by atoms with Gasteiger partial charge in [0, 0.05) is 0 Å². The smallest absolute Gasteiger partial charge is 0.00463 e. The van der Waals surface area contributed by atoms with Crippen molar-refractivity contribution in [3.63, 3.8) is 0 Å². The third-order valence-corrected chi connectivity index (χ3v) is 5.83. The third-order valence-electron chi connectivity index (χ3n) is 5.83. The van der Waals surface area contributed by atoms with E-state index < -0.39 is 0 Å². The highest BCUT2D eigenvalue weighted by Gasteiger charge is 2.48. The highest BCUT2D eigenvalue weighted by atomic mass is 14.5. The van der Waals surface area contributed by atoms with Crippen molar-refractivity contribution in [3.8, 4) is 0 Å². The van der Waals surface area contributed by atoms with Gasteiger partial charge in [0.1, 0.15) is 0 Å². The zero-order chi connectivity index (χ0) is 14.7. The first kappa shape index (κ1) is 13.9. The molecule has 108 valence electrons. The van der Waals surface area contributed by atoms with Gasteiger partial charge >= 0.3 is 0 Å². The summed E-state index contributed by atoms with van der Waals surface area (Å²) in [5.41, 5.74) is 6.88. The van der Waals surface area contributed by atoms with Crippen LogP contribution in [0.1, 0.15) is 71.1 Å². The molecule has 0 amide bonds. The van der Waals surface area contributed by atoms with Crippen LogP contribution in [-0.4, -0.2) is 0 Å². The lowest BCUT2D eigenvalue weighted by atomic mass is 9.70. The van der Waals surface area contributed by atoms with E-state index in [9.17, 15) is 0 Å². The first-order valence-electron chi connectivity index (χ1n) is 8.11. The number of allylic oxidation sites excluding steroid dienone is 2. The maximum Gasteiger partial charge on any atom is -0.00463 e. The molecule has 2 atom stereocenters. The summed E-state index contributed by atoms with van der Waals surface area (Å²) in [7, 11) is 0. The van der Waals surface area contributed by atoms with Gasteiger partial charge in [-0.25, -0.2) is 0 Å². The van der Waals surface area contributed by atoms with Crippen LogP contribution in [0.25, 0.3) is 5.57 Å². The van der Waals surface area contributed by atoms with E-state index in [0.29, 0.717) is 11.3 Å². The van der Waals surface area contributed by atoms with Crippen molar-refractivity contribution in [3.05, 3.63) is 41.0 Å². The van der Waals surface area contributed by atoms with Crippen LogP contribution in [0.2, 0.25) is 0 Å². The Morgan fingerprint density at radius 2 is 1.80 bits per heavy atom. The lowest BCUT2D eigenvalue weighted by molar-refractivity contribution is 0.522. The van der Waals surface area contributed by atoms with Crippen molar-refractivity contribution in [2.45, 2.75) is 65.2 Å². The Morgan fingerprint density at radius 3 is 2.35 bits per heavy atom. The molecule has 0 aliphatic heterocycles. The predicted octanol–water partition coefficient (Wildman–Crippen LogP) is 5.70. The molecule has 0 bridgehead atoms. The molecule has 3 rings (SSSR count). The van der Waals surface area contributed by atoms with Gasteiger partial charge in [-0.1, -0.05) is 65.8 Å². The zero-order valence-corrected chi connectivity index (χ0v) is 13.9. The lowest BCUT2D eigenvalue weighted by Gasteiger charge is -2.34. The Kier molecular flexibility index (Phi) is 2.94. The Hall–Kier alpha value is -1.04. The Bertz CT molecular complexity index is 574. The van der Waals surface area contributed by atoms with Gasteiger partial charge < -0.3 is 0 Å². The summed E-state index contributed by atoms with van der Waals surface area (Å²) in [4.78, 5) is 0. The van der Waals surface area contributed by atoms with Gasteiger partial charge in [0.15, 0.2) is 0 Å². The van der Waals surface area contributed by atoms with Gasteiger partial charge in [0.25, 0.3) is 0 Å². The van der Waals surface area contributed by atoms with Crippen LogP contribution < -0.4 is 0 Å². The minimum absolute atomic E-state index is 0.280. The zero-order valence-electron chi connectivity index (χ0n) is 13.9. The van der Waals surface area contributed by atoms with Gasteiger partial charge in [-0.3, -0.25) is 0 Å². The fourth-order valence-corrected chi connectivity index (χ4v) is 3.84. The molecule has 0 unspecified atom stereocenters. The summed E-state index contributed by atoms with van der Waals surface area (Å²) in [6.07, 6.45) is 4.99. The van der Waals surface area contributed by atoms with Crippen LogP contribution in [0.5, 0.6) is 0 Å². The SMILES string of the molecule is CC(C)C1=CCC(C)(C)c2ccc([C@@]3(C)C[C@H]3C)cc21. The van der Waals surface area contributed by atoms with Crippen molar-refractivity contribution in [1.82, 2.24) is 0 Å². The fraction of sp³-hybridized carbons (Fsp3) is 0.600. The fourth-order valence-electron chi connectivity index (χ4n) is 3.84. The number of hydrogen-bond donors (Lipinski definition) is 0. The van der Waals surface area contributed by atoms with Crippen LogP contribution in [0.3, 0.4) is 0 Å². The Balaban J connectivity index is 2.13. The van der Waals surface area contributed by atoms with E-state index in [-0.39, 0.29) is 5.41 Å². The van der Waals surface area contributed by atoms with E-state index in [1.807, 2.05) is 0 Å². The summed E-state index contributed by atoms with van der Waals surface area (Å²) in [6, 6.07) is 7.31. The molecule has 20 heavy (non-hydrogen) atoms. The molecule has 0 heteroatoms. The van der Waals surface area contributed by atoms with Crippen molar-refractivity contribution in [1.29, 1.82) is 0 Å². The summed E-state index contributed by atoms with van der Waals surface area (Å²) in [5.74, 6) is 1.45. The Morgan fingerprint density at radius 1 is 1.15 bits per heavy atom. The summed E-state index contributed by atoms with van der Waals surface area (Å²) >= 11 is 0. The Labute approximate surface area is 124 Å². The average molecular weight is 268 g/mol. The normalized spacial score (nSPS) is 30.9. The lowest BCUT2D eigenvalue weighted by Crippen LogP contribution is -2.23. The van der Waals surface area contributed by atoms with E-state index in [1.54, 1.807) is 16.7 Å². The second kappa shape index (κ2) is 4.23. The minimum atomic E-state index is 0.280. The molecular formula is C20H28. The largest absolute Gasteiger partial charge is 0.0796 e. The monoisotopic (exact) mass is 268 g/mol. The first-order chi connectivity index (χ1) is 9.25. The number of rotatable bonds is 2. The summed E-state index contributed by atoms with van der Waals surface area (Å²) in [5, 5.41) is 0. The first-order valence-corrected chi connectivity index (χ1v) is 8.11. The van der Waals surface area contributed by atoms with Gasteiger partial charge in [-0.05, 0) is 57.8 Å². The molecule has 0 radical (unpaired) electrons. The highest BCUT2D eigenvalue weighted by Crippen LogP contribution is 2.54. The molecule has 0 heterocycles. The van der Waals surface area contributed by atoms with E-state index in [2.05, 4.69) is 65.8 Å². The second-order valence-electron chi connectivity index (χ2n) is 8.19. The van der Waals surface area contributed by atoms with Crippen LogP contribution in [-0.2, 0) is 10.8 Å². The molecule has 0 spiro atoms. The molecular weight excluding hydrogens is 240 g/mol. The van der Waals surface area contributed by atoms with E-state index >= 15 is 0 Å². The average Bonchev–Trinajstić information content (AvgIpc) is 2.97. The molecule has 1 saturated carbocycles. The van der Waals surface area contributed by atoms with Crippen LogP contribution in [0.4, 0.5) is 0 Å². The number of fused-ring (bicyclic) bond motifs is 1. The van der Waals surface area contributed by atoms with Crippen molar-refractivity contribution >= 4 is 5.57 Å². The molecule has 1 fully saturated rings. The van der Waals surface area contributed by atoms with E-state index in [1.165, 1.54) is 18.4 Å². The van der Waals surface area contributed by atoms with Crippen molar-refractivity contribution in [2.75, 3.05) is 0 Å². The molecule has 1 aromatic rings. The molecule has 1 aromatic carbocycles. The molecule has 0 aromatic heterocycles. The van der Waals surface area contributed by atoms with Gasteiger partial charge in [-0.15, -0.1) is 0 Å².